The maximum atomic E-state index is 12.3. The van der Waals surface area contributed by atoms with Gasteiger partial charge in [-0.1, -0.05) is 17.7 Å². The highest BCUT2D eigenvalue weighted by atomic mass is 16.6. The molecular formula is C14H13N3O4. The molecule has 1 aromatic heterocycles. The fourth-order valence-electron chi connectivity index (χ4n) is 1.93. The van der Waals surface area contributed by atoms with Gasteiger partial charge >= 0.3 is 11.4 Å². The number of benzene rings is 1. The van der Waals surface area contributed by atoms with Crippen molar-refractivity contribution in [3.05, 3.63) is 67.9 Å². The number of carbonyl (C=O) groups excluding carboxylic acids is 1. The Morgan fingerprint density at radius 2 is 2.10 bits per heavy atom. The number of rotatable bonds is 4. The number of hydrogen-bond donors (Lipinski definition) is 0. The quantitative estimate of drug-likeness (QED) is 0.484. The zero-order valence-corrected chi connectivity index (χ0v) is 11.6. The van der Waals surface area contributed by atoms with Gasteiger partial charge in [0, 0.05) is 5.56 Å². The van der Waals surface area contributed by atoms with E-state index < -0.39 is 10.6 Å². The average molecular weight is 287 g/mol. The average Bonchev–Trinajstić information content (AvgIpc) is 2.43. The summed E-state index contributed by atoms with van der Waals surface area (Å²) >= 11 is 0. The van der Waals surface area contributed by atoms with E-state index in [1.807, 2.05) is 19.1 Å². The molecule has 0 fully saturated rings. The van der Waals surface area contributed by atoms with Gasteiger partial charge in [-0.25, -0.2) is 4.79 Å². The first-order chi connectivity index (χ1) is 9.88. The molecule has 0 atom stereocenters. The van der Waals surface area contributed by atoms with Gasteiger partial charge in [-0.3, -0.25) is 19.5 Å². The summed E-state index contributed by atoms with van der Waals surface area (Å²) < 4.78 is 0.947. The fourth-order valence-corrected chi connectivity index (χ4v) is 1.93. The van der Waals surface area contributed by atoms with E-state index in [0.29, 0.717) is 5.56 Å². The molecule has 0 unspecified atom stereocenters. The highest BCUT2D eigenvalue weighted by Crippen LogP contribution is 2.12. The van der Waals surface area contributed by atoms with Crippen molar-refractivity contribution in [3.8, 4) is 0 Å². The Morgan fingerprint density at radius 1 is 1.38 bits per heavy atom. The van der Waals surface area contributed by atoms with E-state index in [0.717, 1.165) is 28.1 Å². The monoisotopic (exact) mass is 287 g/mol. The highest BCUT2D eigenvalue weighted by molar-refractivity contribution is 5.97. The predicted molar refractivity (Wildman–Crippen MR) is 75.4 cm³/mol. The molecule has 0 bridgehead atoms. The Bertz CT molecular complexity index is 780. The van der Waals surface area contributed by atoms with Crippen molar-refractivity contribution in [3.63, 3.8) is 0 Å². The molecule has 108 valence electrons. The summed E-state index contributed by atoms with van der Waals surface area (Å²) in [5, 5.41) is 10.7. The largest absolute Gasteiger partial charge is 0.348 e. The predicted octanol–water partition coefficient (Wildman–Crippen LogP) is 1.65. The third kappa shape index (κ3) is 3.19. The van der Waals surface area contributed by atoms with Crippen LogP contribution in [0.3, 0.4) is 0 Å². The van der Waals surface area contributed by atoms with Crippen LogP contribution in [0.1, 0.15) is 21.5 Å². The number of nitrogens with zero attached hydrogens (tertiary/aromatic N) is 3. The number of aryl methyl sites for hydroxylation is 2. The summed E-state index contributed by atoms with van der Waals surface area (Å²) in [5.74, 6) is -0.291. The molecule has 7 heteroatoms. The molecule has 1 heterocycles. The van der Waals surface area contributed by atoms with Gasteiger partial charge < -0.3 is 0 Å². The number of nitro groups is 1. The van der Waals surface area contributed by atoms with E-state index in [2.05, 4.69) is 4.98 Å². The van der Waals surface area contributed by atoms with Gasteiger partial charge in [-0.2, -0.15) is 4.98 Å². The van der Waals surface area contributed by atoms with E-state index >= 15 is 0 Å². The Hall–Kier alpha value is -2.83. The van der Waals surface area contributed by atoms with Crippen LogP contribution >= 0.6 is 0 Å². The number of ketones is 1. The summed E-state index contributed by atoms with van der Waals surface area (Å²) in [6.45, 7) is 3.37. The molecule has 0 aliphatic carbocycles. The molecule has 0 saturated heterocycles. The highest BCUT2D eigenvalue weighted by Gasteiger charge is 2.14. The zero-order valence-electron chi connectivity index (χ0n) is 11.6. The maximum Gasteiger partial charge on any atom is 0.348 e. The van der Waals surface area contributed by atoms with Crippen molar-refractivity contribution < 1.29 is 9.72 Å². The molecule has 0 radical (unpaired) electrons. The Balaban J connectivity index is 2.35. The molecule has 1 aromatic carbocycles. The normalized spacial score (nSPS) is 10.4. The van der Waals surface area contributed by atoms with Crippen LogP contribution in [0.2, 0.25) is 0 Å². The summed E-state index contributed by atoms with van der Waals surface area (Å²) in [5.41, 5.74) is 1.18. The van der Waals surface area contributed by atoms with Crippen molar-refractivity contribution in [1.29, 1.82) is 0 Å². The Morgan fingerprint density at radius 3 is 2.76 bits per heavy atom. The lowest BCUT2D eigenvalue weighted by Crippen LogP contribution is -2.26. The third-order valence-corrected chi connectivity index (χ3v) is 3.06. The summed E-state index contributed by atoms with van der Waals surface area (Å²) in [4.78, 5) is 37.3. The lowest BCUT2D eigenvalue weighted by molar-refractivity contribution is -0.385. The van der Waals surface area contributed by atoms with Crippen LogP contribution in [0, 0.1) is 24.0 Å². The first-order valence-electron chi connectivity index (χ1n) is 6.20. The van der Waals surface area contributed by atoms with Crippen LogP contribution in [-0.2, 0) is 6.54 Å². The van der Waals surface area contributed by atoms with Crippen LogP contribution in [0.25, 0.3) is 0 Å². The molecule has 0 aliphatic heterocycles. The van der Waals surface area contributed by atoms with Crippen LogP contribution in [0.4, 0.5) is 5.69 Å². The van der Waals surface area contributed by atoms with E-state index in [4.69, 9.17) is 0 Å². The smallest absolute Gasteiger partial charge is 0.292 e. The topological polar surface area (TPSA) is 95.1 Å². The minimum absolute atomic E-state index is 0.280. The lowest BCUT2D eigenvalue weighted by Gasteiger charge is -2.07. The van der Waals surface area contributed by atoms with E-state index in [1.54, 1.807) is 13.0 Å². The van der Waals surface area contributed by atoms with Crippen molar-refractivity contribution in [1.82, 2.24) is 9.55 Å². The van der Waals surface area contributed by atoms with Crippen LogP contribution < -0.4 is 5.69 Å². The number of aromatic nitrogens is 2. The van der Waals surface area contributed by atoms with Crippen molar-refractivity contribution in [2.75, 3.05) is 0 Å². The van der Waals surface area contributed by atoms with Gasteiger partial charge in [0.25, 0.3) is 0 Å². The Labute approximate surface area is 120 Å². The van der Waals surface area contributed by atoms with Gasteiger partial charge in [0.15, 0.2) is 5.78 Å². The number of carbonyl (C=O) groups is 1. The molecule has 0 saturated carbocycles. The van der Waals surface area contributed by atoms with Gasteiger partial charge in [-0.05, 0) is 25.5 Å². The molecule has 0 spiro atoms. The van der Waals surface area contributed by atoms with Gasteiger partial charge in [0.05, 0.1) is 17.7 Å². The van der Waals surface area contributed by atoms with Crippen LogP contribution in [0.15, 0.2) is 35.4 Å². The maximum absolute atomic E-state index is 12.3. The standard InChI is InChI=1S/C14H13N3O4/c1-9-3-4-10(2)12(5-9)13(18)8-16-7-11(17(20)21)6-15-14(16)19/h3-7H,8H2,1-2H3. The van der Waals surface area contributed by atoms with Gasteiger partial charge in [-0.15, -0.1) is 0 Å². The fraction of sp³-hybridized carbons (Fsp3) is 0.214. The number of Topliss-reactive ketones (excluding diaryl/α,β-unsaturated/α-hetero) is 1. The first kappa shape index (κ1) is 14.6. The van der Waals surface area contributed by atoms with Crippen molar-refractivity contribution in [2.45, 2.75) is 20.4 Å². The molecular weight excluding hydrogens is 274 g/mol. The molecule has 0 aliphatic rings. The lowest BCUT2D eigenvalue weighted by atomic mass is 10.0. The van der Waals surface area contributed by atoms with E-state index in [-0.39, 0.29) is 18.0 Å². The second-order valence-electron chi connectivity index (χ2n) is 4.72. The van der Waals surface area contributed by atoms with Crippen molar-refractivity contribution in [2.24, 2.45) is 0 Å². The Kier molecular flexibility index (Phi) is 3.93. The molecule has 0 amide bonds. The molecule has 7 nitrogen and oxygen atoms in total. The summed E-state index contributed by atoms with van der Waals surface area (Å²) in [7, 11) is 0. The van der Waals surface area contributed by atoms with Crippen molar-refractivity contribution >= 4 is 11.5 Å². The molecule has 21 heavy (non-hydrogen) atoms. The van der Waals surface area contributed by atoms with Gasteiger partial charge in [0.1, 0.15) is 6.20 Å². The minimum atomic E-state index is -0.695. The molecule has 2 rings (SSSR count). The van der Waals surface area contributed by atoms with E-state index in [9.17, 15) is 19.7 Å². The van der Waals surface area contributed by atoms with Crippen LogP contribution in [-0.4, -0.2) is 20.3 Å². The third-order valence-electron chi connectivity index (χ3n) is 3.06. The van der Waals surface area contributed by atoms with E-state index in [1.165, 1.54) is 0 Å². The summed E-state index contributed by atoms with van der Waals surface area (Å²) in [6, 6.07) is 5.43. The van der Waals surface area contributed by atoms with Gasteiger partial charge in [0.2, 0.25) is 0 Å². The number of hydrogen-bond acceptors (Lipinski definition) is 5. The zero-order chi connectivity index (χ0) is 15.6. The first-order valence-corrected chi connectivity index (χ1v) is 6.20. The SMILES string of the molecule is Cc1ccc(C)c(C(=O)Cn2cc([N+](=O)[O-])cnc2=O)c1. The van der Waals surface area contributed by atoms with Crippen LogP contribution in [0.5, 0.6) is 0 Å². The second-order valence-corrected chi connectivity index (χ2v) is 4.72. The second kappa shape index (κ2) is 5.66. The molecule has 0 N–H and O–H groups in total. The molecule has 2 aromatic rings. The minimum Gasteiger partial charge on any atom is -0.292 e. The summed E-state index contributed by atoms with van der Waals surface area (Å²) in [6.07, 6.45) is 1.90.